The summed E-state index contributed by atoms with van der Waals surface area (Å²) in [5.74, 6) is 1.78. The van der Waals surface area contributed by atoms with Crippen LogP contribution in [0.15, 0.2) is 11.7 Å². The van der Waals surface area contributed by atoms with Gasteiger partial charge in [0.25, 0.3) is 0 Å². The van der Waals surface area contributed by atoms with E-state index in [1.165, 1.54) is 0 Å². The molecule has 2 aromatic heterocycles. The van der Waals surface area contributed by atoms with E-state index in [9.17, 15) is 0 Å². The smallest absolute Gasteiger partial charge is 0.134 e. The molecule has 0 spiro atoms. The van der Waals surface area contributed by atoms with Gasteiger partial charge in [-0.1, -0.05) is 0 Å². The van der Waals surface area contributed by atoms with E-state index in [1.807, 2.05) is 13.8 Å². The van der Waals surface area contributed by atoms with Gasteiger partial charge in [0.05, 0.1) is 5.01 Å². The third-order valence-electron chi connectivity index (χ3n) is 2.73. The molecule has 0 amide bonds. The minimum Gasteiger partial charge on any atom is -0.370 e. The first-order chi connectivity index (χ1) is 9.20. The van der Waals surface area contributed by atoms with Crippen LogP contribution in [0, 0.1) is 13.8 Å². The van der Waals surface area contributed by atoms with Crippen LogP contribution in [0.3, 0.4) is 0 Å². The fourth-order valence-electron chi connectivity index (χ4n) is 1.78. The Labute approximate surface area is 117 Å². The Morgan fingerprint density at radius 2 is 1.89 bits per heavy atom. The zero-order chi connectivity index (χ0) is 13.7. The summed E-state index contributed by atoms with van der Waals surface area (Å²) in [6, 6.07) is 0. The maximum atomic E-state index is 4.44. The van der Waals surface area contributed by atoms with Gasteiger partial charge in [0.1, 0.15) is 18.0 Å². The molecule has 6 heteroatoms. The Kier molecular flexibility index (Phi) is 4.68. The van der Waals surface area contributed by atoms with Crippen LogP contribution in [0.2, 0.25) is 0 Å². The van der Waals surface area contributed by atoms with Gasteiger partial charge in [-0.2, -0.15) is 0 Å². The number of hydrogen-bond acceptors (Lipinski definition) is 6. The van der Waals surface area contributed by atoms with Crippen molar-refractivity contribution in [3.8, 4) is 0 Å². The van der Waals surface area contributed by atoms with E-state index in [0.717, 1.165) is 47.4 Å². The number of hydrogen-bond donors (Lipinski definition) is 2. The molecule has 2 heterocycles. The minimum atomic E-state index is 0.830. The Morgan fingerprint density at radius 3 is 2.53 bits per heavy atom. The van der Waals surface area contributed by atoms with E-state index >= 15 is 0 Å². The molecule has 0 aliphatic rings. The maximum absolute atomic E-state index is 4.44. The molecule has 0 fully saturated rings. The molecule has 0 saturated carbocycles. The van der Waals surface area contributed by atoms with E-state index in [2.05, 4.69) is 37.9 Å². The van der Waals surface area contributed by atoms with Crippen molar-refractivity contribution in [2.45, 2.75) is 27.2 Å². The van der Waals surface area contributed by atoms with Crippen molar-refractivity contribution in [1.29, 1.82) is 0 Å². The molecule has 102 valence electrons. The molecule has 19 heavy (non-hydrogen) atoms. The summed E-state index contributed by atoms with van der Waals surface area (Å²) in [6.07, 6.45) is 2.50. The summed E-state index contributed by atoms with van der Waals surface area (Å²) >= 11 is 1.70. The molecule has 0 aliphatic carbocycles. The first-order valence-electron chi connectivity index (χ1n) is 6.41. The van der Waals surface area contributed by atoms with Gasteiger partial charge < -0.3 is 10.6 Å². The second-order valence-electron chi connectivity index (χ2n) is 4.29. The fourth-order valence-corrected chi connectivity index (χ4v) is 2.56. The highest BCUT2D eigenvalue weighted by Crippen LogP contribution is 2.18. The quantitative estimate of drug-likeness (QED) is 0.850. The van der Waals surface area contributed by atoms with Crippen molar-refractivity contribution >= 4 is 23.0 Å². The van der Waals surface area contributed by atoms with Crippen LogP contribution < -0.4 is 10.6 Å². The van der Waals surface area contributed by atoms with Crippen LogP contribution >= 0.6 is 11.3 Å². The van der Waals surface area contributed by atoms with E-state index in [1.54, 1.807) is 17.7 Å². The molecule has 0 bridgehead atoms. The third kappa shape index (κ3) is 3.64. The molecule has 2 N–H and O–H groups in total. The van der Waals surface area contributed by atoms with Crippen LogP contribution in [0.25, 0.3) is 0 Å². The molecule has 0 saturated heterocycles. The predicted octanol–water partition coefficient (Wildman–Crippen LogP) is 2.64. The van der Waals surface area contributed by atoms with Crippen LogP contribution in [-0.2, 0) is 6.42 Å². The largest absolute Gasteiger partial charge is 0.370 e. The molecule has 0 radical (unpaired) electrons. The fraction of sp³-hybridized carbons (Fsp3) is 0.462. The van der Waals surface area contributed by atoms with Crippen LogP contribution in [0.4, 0.5) is 11.6 Å². The van der Waals surface area contributed by atoms with Gasteiger partial charge in [0, 0.05) is 36.1 Å². The van der Waals surface area contributed by atoms with E-state index in [-0.39, 0.29) is 0 Å². The number of aromatic nitrogens is 3. The number of aryl methyl sites for hydroxylation is 1. The zero-order valence-corrected chi connectivity index (χ0v) is 12.3. The lowest BCUT2D eigenvalue weighted by atomic mass is 10.3. The standard InChI is InChI=1S/C13H19N5S/c1-4-14-12-10(3)13(17-8-16-12)15-6-5-11-18-9(2)7-19-11/h7-8H,4-6H2,1-3H3,(H2,14,15,16,17). The normalized spacial score (nSPS) is 10.5. The van der Waals surface area contributed by atoms with Crippen molar-refractivity contribution in [1.82, 2.24) is 15.0 Å². The molecular weight excluding hydrogens is 258 g/mol. The molecule has 0 aliphatic heterocycles. The van der Waals surface area contributed by atoms with Crippen molar-refractivity contribution < 1.29 is 0 Å². The van der Waals surface area contributed by atoms with Gasteiger partial charge in [-0.25, -0.2) is 15.0 Å². The van der Waals surface area contributed by atoms with Gasteiger partial charge in [-0.3, -0.25) is 0 Å². The SMILES string of the molecule is CCNc1ncnc(NCCc2nc(C)cs2)c1C. The first-order valence-corrected chi connectivity index (χ1v) is 7.29. The highest BCUT2D eigenvalue weighted by Gasteiger charge is 2.06. The average Bonchev–Trinajstić information content (AvgIpc) is 2.80. The number of nitrogens with zero attached hydrogens (tertiary/aromatic N) is 3. The summed E-state index contributed by atoms with van der Waals surface area (Å²) in [4.78, 5) is 12.9. The predicted molar refractivity (Wildman–Crippen MR) is 80.0 cm³/mol. The Balaban J connectivity index is 1.94. The summed E-state index contributed by atoms with van der Waals surface area (Å²) in [5.41, 5.74) is 2.15. The molecule has 0 aromatic carbocycles. The van der Waals surface area contributed by atoms with Crippen molar-refractivity contribution in [3.63, 3.8) is 0 Å². The first kappa shape index (κ1) is 13.7. The number of thiazole rings is 1. The van der Waals surface area contributed by atoms with Gasteiger partial charge >= 0.3 is 0 Å². The molecule has 2 rings (SSSR count). The van der Waals surface area contributed by atoms with Crippen LogP contribution in [0.1, 0.15) is 23.2 Å². The minimum absolute atomic E-state index is 0.830. The zero-order valence-electron chi connectivity index (χ0n) is 11.5. The lowest BCUT2D eigenvalue weighted by molar-refractivity contribution is 0.967. The monoisotopic (exact) mass is 277 g/mol. The van der Waals surface area contributed by atoms with Crippen LogP contribution in [0.5, 0.6) is 0 Å². The summed E-state index contributed by atoms with van der Waals surface area (Å²) in [6.45, 7) is 7.78. The van der Waals surface area contributed by atoms with Crippen molar-refractivity contribution in [2.75, 3.05) is 23.7 Å². The summed E-state index contributed by atoms with van der Waals surface area (Å²) in [7, 11) is 0. The summed E-state index contributed by atoms with van der Waals surface area (Å²) < 4.78 is 0. The molecule has 0 unspecified atom stereocenters. The van der Waals surface area contributed by atoms with E-state index in [4.69, 9.17) is 0 Å². The molecule has 2 aromatic rings. The van der Waals surface area contributed by atoms with E-state index < -0.39 is 0 Å². The molecular formula is C13H19N5S. The highest BCUT2D eigenvalue weighted by atomic mass is 32.1. The Bertz CT molecular complexity index is 538. The third-order valence-corrected chi connectivity index (χ3v) is 3.75. The van der Waals surface area contributed by atoms with Crippen LogP contribution in [-0.4, -0.2) is 28.0 Å². The van der Waals surface area contributed by atoms with Gasteiger partial charge in [-0.05, 0) is 20.8 Å². The van der Waals surface area contributed by atoms with Gasteiger partial charge in [0.15, 0.2) is 0 Å². The number of anilines is 2. The van der Waals surface area contributed by atoms with Crippen molar-refractivity contribution in [3.05, 3.63) is 28.0 Å². The van der Waals surface area contributed by atoms with Gasteiger partial charge in [-0.15, -0.1) is 11.3 Å². The highest BCUT2D eigenvalue weighted by molar-refractivity contribution is 7.09. The average molecular weight is 277 g/mol. The molecule has 5 nitrogen and oxygen atoms in total. The van der Waals surface area contributed by atoms with Gasteiger partial charge in [0.2, 0.25) is 0 Å². The van der Waals surface area contributed by atoms with E-state index in [0.29, 0.717) is 0 Å². The second kappa shape index (κ2) is 6.47. The topological polar surface area (TPSA) is 62.7 Å². The Hall–Kier alpha value is -1.69. The Morgan fingerprint density at radius 1 is 1.16 bits per heavy atom. The number of nitrogens with one attached hydrogen (secondary N) is 2. The van der Waals surface area contributed by atoms with Crippen molar-refractivity contribution in [2.24, 2.45) is 0 Å². The maximum Gasteiger partial charge on any atom is 0.134 e. The molecule has 0 atom stereocenters. The second-order valence-corrected chi connectivity index (χ2v) is 5.23. The summed E-state index contributed by atoms with van der Waals surface area (Å²) in [5, 5.41) is 9.81. The number of rotatable bonds is 6. The lowest BCUT2D eigenvalue weighted by Gasteiger charge is -2.11. The lowest BCUT2D eigenvalue weighted by Crippen LogP contribution is -2.10.